The van der Waals surface area contributed by atoms with Crippen molar-refractivity contribution in [2.45, 2.75) is 71.8 Å². The lowest BCUT2D eigenvalue weighted by atomic mass is 9.67. The van der Waals surface area contributed by atoms with Crippen LogP contribution in [0.25, 0.3) is 0 Å². The SMILES string of the molecule is CCC1(CC)CCN(C2(CN)CCCC(C)C2C)C1. The Kier molecular flexibility index (Phi) is 4.62. The van der Waals surface area contributed by atoms with Crippen molar-refractivity contribution >= 4 is 0 Å². The van der Waals surface area contributed by atoms with Gasteiger partial charge in [0.2, 0.25) is 0 Å². The molecule has 1 aliphatic carbocycles. The van der Waals surface area contributed by atoms with E-state index in [9.17, 15) is 0 Å². The summed E-state index contributed by atoms with van der Waals surface area (Å²) in [4.78, 5) is 2.79. The largest absolute Gasteiger partial charge is 0.329 e. The molecule has 0 aromatic heterocycles. The Morgan fingerprint density at radius 2 is 1.84 bits per heavy atom. The van der Waals surface area contributed by atoms with E-state index in [1.54, 1.807) is 0 Å². The molecule has 0 aromatic rings. The van der Waals surface area contributed by atoms with Crippen LogP contribution in [0.15, 0.2) is 0 Å². The maximum atomic E-state index is 6.30. The molecule has 0 amide bonds. The van der Waals surface area contributed by atoms with E-state index < -0.39 is 0 Å². The summed E-state index contributed by atoms with van der Waals surface area (Å²) in [6, 6.07) is 0. The quantitative estimate of drug-likeness (QED) is 0.841. The zero-order chi connectivity index (χ0) is 14.1. The molecule has 3 atom stereocenters. The highest BCUT2D eigenvalue weighted by Gasteiger charge is 2.49. The van der Waals surface area contributed by atoms with E-state index in [2.05, 4.69) is 32.6 Å². The maximum absolute atomic E-state index is 6.30. The summed E-state index contributed by atoms with van der Waals surface area (Å²) < 4.78 is 0. The predicted octanol–water partition coefficient (Wildman–Crippen LogP) is 3.65. The summed E-state index contributed by atoms with van der Waals surface area (Å²) in [6.45, 7) is 13.0. The number of likely N-dealkylation sites (tertiary alicyclic amines) is 1. The average Bonchev–Trinajstić information content (AvgIpc) is 2.88. The van der Waals surface area contributed by atoms with Crippen LogP contribution in [-0.4, -0.2) is 30.1 Å². The first-order valence-electron chi connectivity index (χ1n) is 8.48. The van der Waals surface area contributed by atoms with Gasteiger partial charge in [0.15, 0.2) is 0 Å². The molecule has 1 aliphatic heterocycles. The monoisotopic (exact) mass is 266 g/mol. The molecule has 2 nitrogen and oxygen atoms in total. The Labute approximate surface area is 120 Å². The molecule has 2 fully saturated rings. The molecule has 0 bridgehead atoms. The minimum absolute atomic E-state index is 0.295. The highest BCUT2D eigenvalue weighted by molar-refractivity contribution is 5.04. The second-order valence-corrected chi connectivity index (χ2v) is 7.34. The zero-order valence-corrected chi connectivity index (χ0v) is 13.5. The Hall–Kier alpha value is -0.0800. The van der Waals surface area contributed by atoms with E-state index >= 15 is 0 Å². The Balaban J connectivity index is 2.19. The fourth-order valence-corrected chi connectivity index (χ4v) is 4.74. The second kappa shape index (κ2) is 5.73. The number of hydrogen-bond donors (Lipinski definition) is 1. The van der Waals surface area contributed by atoms with Crippen LogP contribution >= 0.6 is 0 Å². The lowest BCUT2D eigenvalue weighted by Crippen LogP contribution is -2.60. The fourth-order valence-electron chi connectivity index (χ4n) is 4.74. The number of nitrogens with two attached hydrogens (primary N) is 1. The molecule has 2 rings (SSSR count). The molecule has 0 spiro atoms. The van der Waals surface area contributed by atoms with Crippen molar-refractivity contribution in [3.05, 3.63) is 0 Å². The van der Waals surface area contributed by atoms with Crippen molar-refractivity contribution in [1.82, 2.24) is 4.90 Å². The van der Waals surface area contributed by atoms with Crippen molar-refractivity contribution in [3.8, 4) is 0 Å². The van der Waals surface area contributed by atoms with E-state index in [-0.39, 0.29) is 0 Å². The molecule has 2 aliphatic rings. The van der Waals surface area contributed by atoms with Crippen molar-refractivity contribution in [1.29, 1.82) is 0 Å². The first-order chi connectivity index (χ1) is 9.03. The minimum Gasteiger partial charge on any atom is -0.329 e. The van der Waals surface area contributed by atoms with Crippen molar-refractivity contribution in [3.63, 3.8) is 0 Å². The van der Waals surface area contributed by atoms with Gasteiger partial charge < -0.3 is 5.73 Å². The molecule has 2 N–H and O–H groups in total. The highest BCUT2D eigenvalue weighted by Crippen LogP contribution is 2.47. The van der Waals surface area contributed by atoms with Gasteiger partial charge in [-0.3, -0.25) is 4.90 Å². The molecular weight excluding hydrogens is 232 g/mol. The number of hydrogen-bond acceptors (Lipinski definition) is 2. The smallest absolute Gasteiger partial charge is 0.0359 e. The third kappa shape index (κ3) is 2.47. The number of rotatable bonds is 4. The summed E-state index contributed by atoms with van der Waals surface area (Å²) in [5.41, 5.74) is 7.17. The van der Waals surface area contributed by atoms with Crippen LogP contribution in [-0.2, 0) is 0 Å². The zero-order valence-electron chi connectivity index (χ0n) is 13.5. The summed E-state index contributed by atoms with van der Waals surface area (Å²) in [7, 11) is 0. The van der Waals surface area contributed by atoms with Gasteiger partial charge in [0.25, 0.3) is 0 Å². The molecule has 1 saturated heterocycles. The molecule has 0 aromatic carbocycles. The summed E-state index contributed by atoms with van der Waals surface area (Å²) in [6.07, 6.45) is 8.10. The Bertz CT molecular complexity index is 298. The predicted molar refractivity (Wildman–Crippen MR) is 83.2 cm³/mol. The van der Waals surface area contributed by atoms with Gasteiger partial charge in [0.1, 0.15) is 0 Å². The summed E-state index contributed by atoms with van der Waals surface area (Å²) >= 11 is 0. The van der Waals surface area contributed by atoms with Gasteiger partial charge in [-0.2, -0.15) is 0 Å². The van der Waals surface area contributed by atoms with Crippen LogP contribution in [0, 0.1) is 17.3 Å². The first-order valence-corrected chi connectivity index (χ1v) is 8.48. The van der Waals surface area contributed by atoms with E-state index in [0.29, 0.717) is 11.0 Å². The normalized spacial score (nSPS) is 39.6. The second-order valence-electron chi connectivity index (χ2n) is 7.34. The highest BCUT2D eigenvalue weighted by atomic mass is 15.2. The average molecular weight is 266 g/mol. The van der Waals surface area contributed by atoms with Gasteiger partial charge in [0, 0.05) is 18.6 Å². The standard InChI is InChI=1S/C17H34N2/c1-5-16(6-2)10-11-19(13-16)17(12-18)9-7-8-14(3)15(17)4/h14-15H,5-13,18H2,1-4H3. The van der Waals surface area contributed by atoms with E-state index in [1.807, 2.05) is 0 Å². The topological polar surface area (TPSA) is 29.3 Å². The Morgan fingerprint density at radius 3 is 2.37 bits per heavy atom. The Morgan fingerprint density at radius 1 is 1.16 bits per heavy atom. The van der Waals surface area contributed by atoms with Crippen LogP contribution in [0.2, 0.25) is 0 Å². The van der Waals surface area contributed by atoms with Crippen molar-refractivity contribution in [2.75, 3.05) is 19.6 Å². The van der Waals surface area contributed by atoms with Crippen LogP contribution in [0.3, 0.4) is 0 Å². The van der Waals surface area contributed by atoms with Crippen LogP contribution in [0.5, 0.6) is 0 Å². The van der Waals surface area contributed by atoms with E-state index in [0.717, 1.165) is 18.4 Å². The van der Waals surface area contributed by atoms with Gasteiger partial charge in [-0.1, -0.05) is 40.5 Å². The summed E-state index contributed by atoms with van der Waals surface area (Å²) in [5.74, 6) is 1.58. The fraction of sp³-hybridized carbons (Fsp3) is 1.00. The number of nitrogens with zero attached hydrogens (tertiary/aromatic N) is 1. The van der Waals surface area contributed by atoms with Gasteiger partial charge in [-0.15, -0.1) is 0 Å². The first kappa shape index (κ1) is 15.3. The van der Waals surface area contributed by atoms with Crippen LogP contribution < -0.4 is 5.73 Å². The molecular formula is C17H34N2. The van der Waals surface area contributed by atoms with E-state index in [4.69, 9.17) is 5.73 Å². The van der Waals surface area contributed by atoms with Crippen molar-refractivity contribution < 1.29 is 0 Å². The van der Waals surface area contributed by atoms with Gasteiger partial charge in [-0.25, -0.2) is 0 Å². The van der Waals surface area contributed by atoms with Gasteiger partial charge >= 0.3 is 0 Å². The molecule has 2 heteroatoms. The van der Waals surface area contributed by atoms with Crippen molar-refractivity contribution in [2.24, 2.45) is 23.0 Å². The molecule has 1 heterocycles. The van der Waals surface area contributed by atoms with Crippen LogP contribution in [0.4, 0.5) is 0 Å². The molecule has 3 unspecified atom stereocenters. The molecule has 0 radical (unpaired) electrons. The van der Waals surface area contributed by atoms with Gasteiger partial charge in [-0.05, 0) is 49.5 Å². The molecule has 112 valence electrons. The lowest BCUT2D eigenvalue weighted by molar-refractivity contribution is -0.00324. The third-order valence-electron chi connectivity index (χ3n) is 6.89. The van der Waals surface area contributed by atoms with E-state index in [1.165, 1.54) is 51.6 Å². The van der Waals surface area contributed by atoms with Gasteiger partial charge in [0.05, 0.1) is 0 Å². The minimum atomic E-state index is 0.295. The maximum Gasteiger partial charge on any atom is 0.0359 e. The lowest BCUT2D eigenvalue weighted by Gasteiger charge is -2.51. The summed E-state index contributed by atoms with van der Waals surface area (Å²) in [5, 5.41) is 0. The third-order valence-corrected chi connectivity index (χ3v) is 6.89. The molecule has 19 heavy (non-hydrogen) atoms. The van der Waals surface area contributed by atoms with Crippen LogP contribution in [0.1, 0.15) is 66.2 Å². The molecule has 1 saturated carbocycles.